The number of nitrogens with zero attached hydrogens (tertiary/aromatic N) is 3. The summed E-state index contributed by atoms with van der Waals surface area (Å²) in [6, 6.07) is 6.52. The number of likely N-dealkylation sites (tertiary alicyclic amines) is 1. The highest BCUT2D eigenvalue weighted by Gasteiger charge is 2.26. The van der Waals surface area contributed by atoms with E-state index >= 15 is 0 Å². The first-order valence-electron chi connectivity index (χ1n) is 9.48. The molecule has 27 heavy (non-hydrogen) atoms. The summed E-state index contributed by atoms with van der Waals surface area (Å²) >= 11 is 0. The average molecular weight is 369 g/mol. The van der Waals surface area contributed by atoms with Gasteiger partial charge < -0.3 is 10.0 Å². The van der Waals surface area contributed by atoms with Crippen LogP contribution in [0.15, 0.2) is 24.4 Å². The summed E-state index contributed by atoms with van der Waals surface area (Å²) in [5.74, 6) is -0.755. The molecule has 1 aliphatic rings. The summed E-state index contributed by atoms with van der Waals surface area (Å²) in [5, 5.41) is 13.4. The van der Waals surface area contributed by atoms with Gasteiger partial charge in [-0.15, -0.1) is 0 Å². The Morgan fingerprint density at radius 2 is 1.89 bits per heavy atom. The van der Waals surface area contributed by atoms with E-state index in [0.717, 1.165) is 19.3 Å². The molecular weight excluding hydrogens is 342 g/mol. The third-order valence-corrected chi connectivity index (χ3v) is 5.54. The number of carbonyl (C=O) groups excluding carboxylic acids is 1. The maximum Gasteiger partial charge on any atom is 0.339 e. The van der Waals surface area contributed by atoms with E-state index < -0.39 is 5.97 Å². The molecular formula is C21H27N3O3. The Kier molecular flexibility index (Phi) is 5.63. The Morgan fingerprint density at radius 1 is 1.19 bits per heavy atom. The first kappa shape index (κ1) is 19.1. The van der Waals surface area contributed by atoms with E-state index in [2.05, 4.69) is 37.1 Å². The van der Waals surface area contributed by atoms with Crippen LogP contribution >= 0.6 is 0 Å². The zero-order chi connectivity index (χ0) is 19.6. The lowest BCUT2D eigenvalue weighted by Crippen LogP contribution is -2.39. The van der Waals surface area contributed by atoms with Crippen LogP contribution in [0.1, 0.15) is 58.0 Å². The van der Waals surface area contributed by atoms with Gasteiger partial charge in [-0.3, -0.25) is 9.48 Å². The molecule has 0 saturated carbocycles. The van der Waals surface area contributed by atoms with Gasteiger partial charge in [0, 0.05) is 19.5 Å². The van der Waals surface area contributed by atoms with Crippen molar-refractivity contribution in [1.82, 2.24) is 14.7 Å². The van der Waals surface area contributed by atoms with E-state index in [1.54, 1.807) is 11.6 Å². The van der Waals surface area contributed by atoms with E-state index in [0.29, 0.717) is 25.2 Å². The second-order valence-electron chi connectivity index (χ2n) is 7.44. The minimum atomic E-state index is -0.947. The number of piperidine rings is 1. The number of hydrogen-bond acceptors (Lipinski definition) is 3. The van der Waals surface area contributed by atoms with Gasteiger partial charge in [0.1, 0.15) is 5.56 Å². The molecule has 0 radical (unpaired) electrons. The third kappa shape index (κ3) is 4.21. The molecule has 1 aromatic carbocycles. The van der Waals surface area contributed by atoms with Gasteiger partial charge in [-0.25, -0.2) is 4.79 Å². The van der Waals surface area contributed by atoms with Gasteiger partial charge in [0.25, 0.3) is 0 Å². The van der Waals surface area contributed by atoms with Crippen molar-refractivity contribution in [2.45, 2.75) is 52.5 Å². The van der Waals surface area contributed by atoms with E-state index in [9.17, 15) is 14.7 Å². The smallest absolute Gasteiger partial charge is 0.339 e. The number of amides is 1. The van der Waals surface area contributed by atoms with Crippen LogP contribution in [0.2, 0.25) is 0 Å². The molecule has 3 rings (SSSR count). The van der Waals surface area contributed by atoms with E-state index in [1.165, 1.54) is 22.9 Å². The van der Waals surface area contributed by atoms with Crippen molar-refractivity contribution >= 4 is 11.9 Å². The van der Waals surface area contributed by atoms with Crippen molar-refractivity contribution in [3.8, 4) is 0 Å². The SMILES string of the molecule is Cc1ccc(CCC(=O)N2CCC(n3ncc(C(=O)O)c3C)CC2)c(C)c1. The predicted molar refractivity (Wildman–Crippen MR) is 103 cm³/mol. The Bertz CT molecular complexity index is 848. The third-order valence-electron chi connectivity index (χ3n) is 5.54. The van der Waals surface area contributed by atoms with Crippen LogP contribution in [0.4, 0.5) is 0 Å². The highest BCUT2D eigenvalue weighted by Crippen LogP contribution is 2.25. The molecule has 1 saturated heterocycles. The van der Waals surface area contributed by atoms with Crippen LogP contribution in [0, 0.1) is 20.8 Å². The first-order valence-corrected chi connectivity index (χ1v) is 9.48. The number of carboxylic acid groups (broad SMARTS) is 1. The Hall–Kier alpha value is -2.63. The summed E-state index contributed by atoms with van der Waals surface area (Å²) in [7, 11) is 0. The molecule has 6 nitrogen and oxygen atoms in total. The van der Waals surface area contributed by atoms with Crippen LogP contribution in [0.5, 0.6) is 0 Å². The molecule has 0 spiro atoms. The molecule has 0 bridgehead atoms. The summed E-state index contributed by atoms with van der Waals surface area (Å²) in [6.45, 7) is 7.34. The van der Waals surface area contributed by atoms with Crippen molar-refractivity contribution in [2.24, 2.45) is 0 Å². The summed E-state index contributed by atoms with van der Waals surface area (Å²) in [4.78, 5) is 25.7. The van der Waals surface area contributed by atoms with Crippen molar-refractivity contribution in [2.75, 3.05) is 13.1 Å². The lowest BCUT2D eigenvalue weighted by molar-refractivity contribution is -0.132. The molecule has 1 aliphatic heterocycles. The van der Waals surface area contributed by atoms with Gasteiger partial charge in [-0.1, -0.05) is 23.8 Å². The molecule has 0 unspecified atom stereocenters. The molecule has 1 amide bonds. The lowest BCUT2D eigenvalue weighted by Gasteiger charge is -2.32. The van der Waals surface area contributed by atoms with Gasteiger partial charge in [0.2, 0.25) is 5.91 Å². The first-order chi connectivity index (χ1) is 12.9. The zero-order valence-corrected chi connectivity index (χ0v) is 16.2. The Morgan fingerprint density at radius 3 is 2.48 bits per heavy atom. The van der Waals surface area contributed by atoms with Crippen LogP contribution in [0.3, 0.4) is 0 Å². The van der Waals surface area contributed by atoms with Crippen molar-refractivity contribution in [3.63, 3.8) is 0 Å². The number of benzene rings is 1. The molecule has 2 heterocycles. The Balaban J connectivity index is 1.54. The predicted octanol–water partition coefficient (Wildman–Crippen LogP) is 3.30. The molecule has 2 aromatic rings. The monoisotopic (exact) mass is 369 g/mol. The minimum Gasteiger partial charge on any atom is -0.478 e. The van der Waals surface area contributed by atoms with E-state index in [4.69, 9.17) is 0 Å². The number of aromatic nitrogens is 2. The van der Waals surface area contributed by atoms with E-state index in [-0.39, 0.29) is 17.5 Å². The summed E-state index contributed by atoms with van der Waals surface area (Å²) in [6.07, 6.45) is 4.32. The molecule has 6 heteroatoms. The fraction of sp³-hybridized carbons (Fsp3) is 0.476. The van der Waals surface area contributed by atoms with Gasteiger partial charge in [0.15, 0.2) is 0 Å². The van der Waals surface area contributed by atoms with Crippen LogP contribution in [-0.2, 0) is 11.2 Å². The second-order valence-corrected chi connectivity index (χ2v) is 7.44. The number of carboxylic acids is 1. The largest absolute Gasteiger partial charge is 0.478 e. The highest BCUT2D eigenvalue weighted by molar-refractivity contribution is 5.88. The zero-order valence-electron chi connectivity index (χ0n) is 16.2. The van der Waals surface area contributed by atoms with Crippen LogP contribution in [0.25, 0.3) is 0 Å². The fourth-order valence-electron chi connectivity index (χ4n) is 3.89. The lowest BCUT2D eigenvalue weighted by atomic mass is 10.0. The number of hydrogen-bond donors (Lipinski definition) is 1. The molecule has 0 aliphatic carbocycles. The van der Waals surface area contributed by atoms with Crippen molar-refractivity contribution in [1.29, 1.82) is 0 Å². The minimum absolute atomic E-state index is 0.154. The second kappa shape index (κ2) is 7.94. The van der Waals surface area contributed by atoms with Gasteiger partial charge in [-0.05, 0) is 51.2 Å². The van der Waals surface area contributed by atoms with Gasteiger partial charge in [-0.2, -0.15) is 5.10 Å². The normalized spacial score (nSPS) is 15.1. The number of rotatable bonds is 5. The maximum absolute atomic E-state index is 12.6. The van der Waals surface area contributed by atoms with Crippen molar-refractivity contribution < 1.29 is 14.7 Å². The molecule has 0 atom stereocenters. The van der Waals surface area contributed by atoms with Gasteiger partial charge >= 0.3 is 5.97 Å². The summed E-state index contributed by atoms with van der Waals surface area (Å²) in [5.41, 5.74) is 4.65. The van der Waals surface area contributed by atoms with Crippen LogP contribution in [-0.4, -0.2) is 44.8 Å². The number of carbonyl (C=O) groups is 2. The topological polar surface area (TPSA) is 75.4 Å². The molecule has 1 aromatic heterocycles. The highest BCUT2D eigenvalue weighted by atomic mass is 16.4. The quantitative estimate of drug-likeness (QED) is 0.877. The fourth-order valence-corrected chi connectivity index (χ4v) is 3.89. The average Bonchev–Trinajstić information content (AvgIpc) is 3.02. The van der Waals surface area contributed by atoms with Gasteiger partial charge in [0.05, 0.1) is 17.9 Å². The van der Waals surface area contributed by atoms with E-state index in [1.807, 2.05) is 4.90 Å². The Labute approximate surface area is 159 Å². The molecule has 1 N–H and O–H groups in total. The van der Waals surface area contributed by atoms with Crippen molar-refractivity contribution in [3.05, 3.63) is 52.3 Å². The summed E-state index contributed by atoms with van der Waals surface area (Å²) < 4.78 is 1.81. The molecule has 144 valence electrons. The number of aryl methyl sites for hydroxylation is 3. The maximum atomic E-state index is 12.6. The standard InChI is InChI=1S/C21H27N3O3/c1-14-4-5-17(15(2)12-14)6-7-20(25)23-10-8-18(9-11-23)24-16(3)19(13-22-24)21(26)27/h4-5,12-13,18H,6-11H2,1-3H3,(H,26,27). The van der Waals surface area contributed by atoms with Crippen LogP contribution < -0.4 is 0 Å². The molecule has 1 fully saturated rings. The number of aromatic carboxylic acids is 1.